The predicted molar refractivity (Wildman–Crippen MR) is 445 cm³/mol. The summed E-state index contributed by atoms with van der Waals surface area (Å²) < 4.78 is 27.3. The molecule has 4 aliphatic heterocycles. The highest BCUT2D eigenvalue weighted by Gasteiger charge is 2.36. The minimum absolute atomic E-state index is 0.211. The van der Waals surface area contributed by atoms with Gasteiger partial charge in [-0.2, -0.15) is 0 Å². The zero-order valence-electron chi connectivity index (χ0n) is 63.0. The predicted octanol–water partition coefficient (Wildman–Crippen LogP) is 18.4. The summed E-state index contributed by atoms with van der Waals surface area (Å²) in [6.45, 7) is 1.38. The van der Waals surface area contributed by atoms with Crippen LogP contribution in [-0.4, -0.2) is 132 Å². The van der Waals surface area contributed by atoms with Gasteiger partial charge in [-0.05, 0) is 247 Å². The van der Waals surface area contributed by atoms with Gasteiger partial charge in [-0.1, -0.05) is 48.5 Å². The van der Waals surface area contributed by atoms with Gasteiger partial charge in [-0.15, -0.1) is 0 Å². The molecular formula is C94H77N11O10. The van der Waals surface area contributed by atoms with E-state index < -0.39 is 0 Å². The molecule has 0 radical (unpaired) electrons. The maximum atomic E-state index is 12.9. The van der Waals surface area contributed by atoms with Gasteiger partial charge in [0.25, 0.3) is 23.6 Å². The smallest absolute Gasteiger partial charge is 0.261 e. The maximum Gasteiger partial charge on any atom is 0.261 e. The van der Waals surface area contributed by atoms with E-state index in [0.29, 0.717) is 66.2 Å². The molecule has 0 atom stereocenters. The second-order valence-electron chi connectivity index (χ2n) is 26.8. The number of carbonyl (C=O) groups excluding carboxylic acids is 5. The third-order valence-corrected chi connectivity index (χ3v) is 19.8. The number of carbonyl (C=O) groups is 5. The lowest BCUT2D eigenvalue weighted by atomic mass is 9.93. The summed E-state index contributed by atoms with van der Waals surface area (Å²) in [6.07, 6.45) is 24.9. The quantitative estimate of drug-likeness (QED) is 0.0296. The lowest BCUT2D eigenvalue weighted by Gasteiger charge is -2.14. The minimum atomic E-state index is -0.264. The number of aromatic amines is 4. The molecule has 8 bridgehead atoms. The number of ether oxygens (including phenoxy) is 5. The summed E-state index contributed by atoms with van der Waals surface area (Å²) in [5.41, 5.74) is 20.3. The zero-order chi connectivity index (χ0) is 79.0. The molecule has 4 amide bonds. The monoisotopic (exact) mass is 1520 g/mol. The van der Waals surface area contributed by atoms with Crippen LogP contribution in [0.3, 0.4) is 0 Å². The number of rotatable bonds is 21. The third-order valence-electron chi connectivity index (χ3n) is 19.8. The van der Waals surface area contributed by atoms with E-state index in [0.717, 1.165) is 119 Å². The second-order valence-corrected chi connectivity index (χ2v) is 26.8. The Hall–Kier alpha value is -15.1. The summed E-state index contributed by atoms with van der Waals surface area (Å²) >= 11 is 0. The van der Waals surface area contributed by atoms with Gasteiger partial charge in [0.15, 0.2) is 0 Å². The fourth-order valence-electron chi connectivity index (χ4n) is 14.1. The number of hydrogen-bond donors (Lipinski definition) is 4. The highest BCUT2D eigenvalue weighted by molar-refractivity contribution is 6.22. The average Bonchev–Trinajstić information content (AvgIpc) is 1.64. The number of H-pyrrole nitrogens is 4. The summed E-state index contributed by atoms with van der Waals surface area (Å²) in [6, 6.07) is 72.7. The number of methoxy groups -OCH3 is 3. The molecular weight excluding hydrogens is 1440 g/mol. The van der Waals surface area contributed by atoms with Gasteiger partial charge in [0.2, 0.25) is 0 Å². The van der Waals surface area contributed by atoms with E-state index in [1.54, 1.807) is 119 Å². The van der Waals surface area contributed by atoms with Gasteiger partial charge < -0.3 is 43.6 Å². The number of aldehydes is 1. The molecule has 0 spiro atoms. The Labute approximate surface area is 662 Å². The van der Waals surface area contributed by atoms with Crippen molar-refractivity contribution in [1.82, 2.24) is 54.7 Å². The Bertz CT molecular complexity index is 5890. The van der Waals surface area contributed by atoms with E-state index in [1.807, 2.05) is 134 Å². The number of benzene rings is 6. The van der Waals surface area contributed by atoms with E-state index in [9.17, 15) is 24.0 Å². The number of hydrogen-bond acceptors (Lipinski definition) is 15. The average molecular weight is 1520 g/mol. The molecule has 6 aromatic carbocycles. The maximum absolute atomic E-state index is 12.9. The Kier molecular flexibility index (Phi) is 23.1. The van der Waals surface area contributed by atoms with Crippen LogP contribution < -0.4 is 23.7 Å². The number of fused-ring (bicyclic) bond motifs is 10. The van der Waals surface area contributed by atoms with Crippen molar-refractivity contribution in [3.63, 3.8) is 0 Å². The largest absolute Gasteiger partial charge is 0.497 e. The lowest BCUT2D eigenvalue weighted by Crippen LogP contribution is -2.31. The summed E-state index contributed by atoms with van der Waals surface area (Å²) in [5.74, 6) is 2.93. The molecule has 568 valence electrons. The van der Waals surface area contributed by atoms with Crippen molar-refractivity contribution >= 4 is 76.3 Å². The third kappa shape index (κ3) is 16.8. The lowest BCUT2D eigenvalue weighted by molar-refractivity contribution is 0.0630. The molecule has 18 rings (SSSR count). The van der Waals surface area contributed by atoms with Gasteiger partial charge in [0.05, 0.1) is 85.5 Å². The minimum Gasteiger partial charge on any atom is -0.497 e. The first kappa shape index (κ1) is 75.3. The topological polar surface area (TPSA) is 266 Å². The first-order valence-corrected chi connectivity index (χ1v) is 37.3. The van der Waals surface area contributed by atoms with Crippen molar-refractivity contribution in [3.8, 4) is 73.3 Å². The van der Waals surface area contributed by atoms with Crippen LogP contribution in [0, 0.1) is 0 Å². The molecule has 0 unspecified atom stereocenters. The van der Waals surface area contributed by atoms with Crippen molar-refractivity contribution in [2.75, 3.05) is 47.6 Å². The Morgan fingerprint density at radius 2 is 0.670 bits per heavy atom. The van der Waals surface area contributed by atoms with Crippen molar-refractivity contribution in [1.29, 1.82) is 0 Å². The van der Waals surface area contributed by atoms with E-state index in [1.165, 1.54) is 26.8 Å². The van der Waals surface area contributed by atoms with Gasteiger partial charge >= 0.3 is 0 Å². The van der Waals surface area contributed by atoms with Crippen LogP contribution in [0.4, 0.5) is 0 Å². The molecule has 0 fully saturated rings. The summed E-state index contributed by atoms with van der Waals surface area (Å²) in [4.78, 5) is 100. The molecule has 115 heavy (non-hydrogen) atoms. The van der Waals surface area contributed by atoms with Crippen LogP contribution in [0.15, 0.2) is 280 Å². The second kappa shape index (κ2) is 35.3. The Morgan fingerprint density at radius 1 is 0.357 bits per heavy atom. The van der Waals surface area contributed by atoms with Crippen molar-refractivity contribution in [3.05, 3.63) is 348 Å². The van der Waals surface area contributed by atoms with Gasteiger partial charge in [0, 0.05) is 124 Å². The molecule has 4 N–H and O–H groups in total. The first-order valence-electron chi connectivity index (χ1n) is 37.3. The molecule has 4 aliphatic rings. The molecule has 0 saturated heterocycles. The van der Waals surface area contributed by atoms with E-state index in [-0.39, 0.29) is 36.1 Å². The van der Waals surface area contributed by atoms with Crippen molar-refractivity contribution in [2.24, 2.45) is 0 Å². The zero-order valence-corrected chi connectivity index (χ0v) is 63.0. The number of imide groups is 2. The molecule has 21 heteroatoms. The van der Waals surface area contributed by atoms with Crippen LogP contribution in [-0.2, 0) is 0 Å². The van der Waals surface area contributed by atoms with Crippen LogP contribution in [0.5, 0.6) is 28.7 Å². The fraction of sp³-hybridized carbons (Fsp3) is 0.106. The molecule has 8 aromatic heterocycles. The highest BCUT2D eigenvalue weighted by atomic mass is 16.5. The summed E-state index contributed by atoms with van der Waals surface area (Å²) in [5, 5.41) is 0. The van der Waals surface area contributed by atoms with Crippen LogP contribution in [0.1, 0.15) is 110 Å². The normalized spacial score (nSPS) is 12.2. The van der Waals surface area contributed by atoms with Crippen molar-refractivity contribution in [2.45, 2.75) is 18.8 Å². The van der Waals surface area contributed by atoms with Crippen LogP contribution in [0.25, 0.3) is 90.9 Å². The Balaban J connectivity index is 0.000000166. The van der Waals surface area contributed by atoms with Gasteiger partial charge in [-0.25, -0.2) is 9.97 Å². The standard InChI is InChI=1S/C54H39N7O4.C18H17NO4.C14H13N3.C8H8O2/c1-64-37-11-7-33(8-12-37)49-41-15-19-45(57-41)51(35-23-27-55-28-24-35)47-21-17-43(59-47)50(44-18-22-48(60-44)52(36-25-29-56-30-26-36)46-20-16-42(49)58-46)34-9-13-38(14-10-34)65-32-4-31-61-53(62)39-5-2-3-6-40(39)54(61)63;1-22-13-7-9-14(10-8-13)23-12-4-11-19-17(20)15-5-2-3-6-16(15)18(19)21;1-3-12(16-7-1)14(13-4-2-8-17-13)11-5-9-15-10-6-11;1-10-8-4-2-7(6-9)3-5-8/h2-3,5-30,57,60H,4,31-32H2,1H3;2-3,5-10H,4,11-12H2,1H3;1-10,14,16-17H;2-6H,1H3. The van der Waals surface area contributed by atoms with E-state index >= 15 is 0 Å². The number of amides is 4. The molecule has 0 saturated carbocycles. The van der Waals surface area contributed by atoms with Gasteiger partial charge in [0.1, 0.15) is 35.0 Å². The van der Waals surface area contributed by atoms with E-state index in [2.05, 4.69) is 108 Å². The SMILES string of the molecule is COc1ccc(-c2c3nc(c(-c4ccncc4)c4ccc([nH]4)c(-c4ccc(OCCCN5C(=O)c6ccccc6C5=O)cc4)c4nc(c(-c5ccncc5)c5ccc2[nH]5)C=C4)C=C3)cc1.COc1ccc(C=O)cc1.COc1ccc(OCCCN2C(=O)c3ccccc3C2=O)cc1.c1c[nH]c(C(c2ccncc2)c2ccc[nH]2)c1. The first-order chi connectivity index (χ1) is 56.5. The molecule has 21 nitrogen and oxygen atoms in total. The van der Waals surface area contributed by atoms with E-state index in [4.69, 9.17) is 33.7 Å². The number of pyridine rings is 3. The Morgan fingerprint density at radius 3 is 1.00 bits per heavy atom. The van der Waals surface area contributed by atoms with Crippen molar-refractivity contribution < 1.29 is 47.7 Å². The fourth-order valence-corrected chi connectivity index (χ4v) is 14.1. The molecule has 0 aliphatic carbocycles. The van der Waals surface area contributed by atoms with Crippen LogP contribution >= 0.6 is 0 Å². The number of nitrogens with one attached hydrogen (secondary N) is 4. The number of nitrogens with zero attached hydrogens (tertiary/aromatic N) is 7. The van der Waals surface area contributed by atoms with Gasteiger partial charge in [-0.3, -0.25) is 48.7 Å². The number of aromatic nitrogens is 9. The highest BCUT2D eigenvalue weighted by Crippen LogP contribution is 2.40. The summed E-state index contributed by atoms with van der Waals surface area (Å²) in [7, 11) is 4.87. The van der Waals surface area contributed by atoms with Crippen LogP contribution in [0.2, 0.25) is 0 Å². The molecule has 14 aromatic rings. The molecule has 12 heterocycles.